The van der Waals surface area contributed by atoms with E-state index in [0.29, 0.717) is 17.7 Å². The summed E-state index contributed by atoms with van der Waals surface area (Å²) in [6, 6.07) is 0.586. The molecule has 0 bridgehead atoms. The molecule has 1 N–H and O–H groups in total. The fourth-order valence-corrected chi connectivity index (χ4v) is 2.91. The third-order valence-electron chi connectivity index (χ3n) is 2.85. The van der Waals surface area contributed by atoms with Gasteiger partial charge in [-0.05, 0) is 19.9 Å². The highest BCUT2D eigenvalue weighted by Crippen LogP contribution is 2.24. The molecule has 90 valence electrons. The van der Waals surface area contributed by atoms with Crippen LogP contribution in [0.25, 0.3) is 0 Å². The fraction of sp³-hybridized carbons (Fsp3) is 0.900. The first-order valence-electron chi connectivity index (χ1n) is 5.18. The van der Waals surface area contributed by atoms with Gasteiger partial charge in [-0.25, -0.2) is 0 Å². The van der Waals surface area contributed by atoms with E-state index in [2.05, 4.69) is 18.7 Å². The van der Waals surface area contributed by atoms with Crippen LogP contribution in [0.4, 0.5) is 0 Å². The molecular weight excluding hydrogens is 234 g/mol. The first-order chi connectivity index (χ1) is 6.61. The van der Waals surface area contributed by atoms with E-state index in [-0.39, 0.29) is 12.4 Å². The second-order valence-electron chi connectivity index (χ2n) is 3.85. The minimum atomic E-state index is -0.683. The Labute approximate surface area is 102 Å². The van der Waals surface area contributed by atoms with Gasteiger partial charge in [0, 0.05) is 30.0 Å². The lowest BCUT2D eigenvalue weighted by atomic mass is 10.2. The van der Waals surface area contributed by atoms with E-state index in [0.717, 1.165) is 19.5 Å². The van der Waals surface area contributed by atoms with Crippen LogP contribution in [0, 0.1) is 0 Å². The van der Waals surface area contributed by atoms with Crippen LogP contribution in [0.15, 0.2) is 0 Å². The molecule has 2 atom stereocenters. The van der Waals surface area contributed by atoms with Crippen molar-refractivity contribution < 1.29 is 9.90 Å². The summed E-state index contributed by atoms with van der Waals surface area (Å²) in [5.74, 6) is 0.496. The number of carbonyl (C=O) groups is 1. The zero-order valence-corrected chi connectivity index (χ0v) is 10.9. The van der Waals surface area contributed by atoms with Crippen LogP contribution in [0.5, 0.6) is 0 Å². The quantitative estimate of drug-likeness (QED) is 0.833. The molecule has 1 rings (SSSR count). The van der Waals surface area contributed by atoms with Gasteiger partial charge in [-0.15, -0.1) is 12.4 Å². The number of hydrogen-bond donors (Lipinski definition) is 1. The van der Waals surface area contributed by atoms with Crippen molar-refractivity contribution in [1.29, 1.82) is 0 Å². The maximum Gasteiger partial charge on any atom is 0.303 e. The minimum Gasteiger partial charge on any atom is -0.481 e. The van der Waals surface area contributed by atoms with Crippen molar-refractivity contribution in [2.24, 2.45) is 0 Å². The van der Waals surface area contributed by atoms with E-state index >= 15 is 0 Å². The summed E-state index contributed by atoms with van der Waals surface area (Å²) in [5, 5.41) is 9.21. The van der Waals surface area contributed by atoms with Gasteiger partial charge in [0.05, 0.1) is 0 Å². The van der Waals surface area contributed by atoms with Crippen LogP contribution in [0.3, 0.4) is 0 Å². The Morgan fingerprint density at radius 1 is 1.53 bits per heavy atom. The normalized spacial score (nSPS) is 27.1. The predicted molar refractivity (Wildman–Crippen MR) is 67.1 cm³/mol. The molecule has 0 aliphatic carbocycles. The van der Waals surface area contributed by atoms with Crippen LogP contribution in [0.1, 0.15) is 26.7 Å². The van der Waals surface area contributed by atoms with Gasteiger partial charge in [0.15, 0.2) is 0 Å². The summed E-state index contributed by atoms with van der Waals surface area (Å²) in [5.41, 5.74) is 0. The summed E-state index contributed by atoms with van der Waals surface area (Å²) >= 11 is 2.01. The Morgan fingerprint density at radius 3 is 2.80 bits per heavy atom. The minimum absolute atomic E-state index is 0. The smallest absolute Gasteiger partial charge is 0.303 e. The van der Waals surface area contributed by atoms with Crippen LogP contribution in [-0.4, -0.2) is 46.1 Å². The molecule has 1 heterocycles. The van der Waals surface area contributed by atoms with Crippen LogP contribution in [0.2, 0.25) is 0 Å². The molecule has 5 heteroatoms. The monoisotopic (exact) mass is 253 g/mol. The van der Waals surface area contributed by atoms with E-state index in [9.17, 15) is 4.79 Å². The van der Waals surface area contributed by atoms with E-state index in [4.69, 9.17) is 5.11 Å². The van der Waals surface area contributed by atoms with Gasteiger partial charge in [0.25, 0.3) is 0 Å². The van der Waals surface area contributed by atoms with Crippen molar-refractivity contribution in [3.05, 3.63) is 0 Å². The highest BCUT2D eigenvalue weighted by Gasteiger charge is 2.24. The highest BCUT2D eigenvalue weighted by atomic mass is 35.5. The van der Waals surface area contributed by atoms with Crippen LogP contribution < -0.4 is 0 Å². The van der Waals surface area contributed by atoms with Crippen LogP contribution in [-0.2, 0) is 4.79 Å². The summed E-state index contributed by atoms with van der Waals surface area (Å²) in [7, 11) is 0. The van der Waals surface area contributed by atoms with E-state index < -0.39 is 5.97 Å². The third-order valence-corrected chi connectivity index (χ3v) is 4.19. The van der Waals surface area contributed by atoms with Crippen molar-refractivity contribution in [3.63, 3.8) is 0 Å². The maximum absolute atomic E-state index is 10.4. The van der Waals surface area contributed by atoms with Crippen molar-refractivity contribution in [2.45, 2.75) is 38.0 Å². The molecule has 3 nitrogen and oxygen atoms in total. The summed E-state index contributed by atoms with van der Waals surface area (Å²) in [6.45, 7) is 6.52. The number of thioether (sulfide) groups is 1. The number of carboxylic acid groups (broad SMARTS) is 1. The largest absolute Gasteiger partial charge is 0.481 e. The van der Waals surface area contributed by atoms with Crippen LogP contribution >= 0.6 is 24.2 Å². The van der Waals surface area contributed by atoms with Gasteiger partial charge in [0.2, 0.25) is 0 Å². The molecule has 0 radical (unpaired) electrons. The first kappa shape index (κ1) is 15.1. The fourth-order valence-electron chi connectivity index (χ4n) is 1.74. The maximum atomic E-state index is 10.4. The molecule has 2 unspecified atom stereocenters. The molecule has 15 heavy (non-hydrogen) atoms. The Kier molecular flexibility index (Phi) is 7.40. The molecule has 0 saturated carbocycles. The number of carboxylic acids is 1. The average Bonchev–Trinajstić information content (AvgIpc) is 2.12. The van der Waals surface area contributed by atoms with Gasteiger partial charge in [-0.3, -0.25) is 9.69 Å². The Bertz CT molecular complexity index is 204. The van der Waals surface area contributed by atoms with Gasteiger partial charge in [-0.1, -0.05) is 6.92 Å². The molecule has 1 saturated heterocycles. The van der Waals surface area contributed by atoms with Gasteiger partial charge in [0.1, 0.15) is 0 Å². The number of halogens is 1. The highest BCUT2D eigenvalue weighted by molar-refractivity contribution is 8.00. The number of hydrogen-bond acceptors (Lipinski definition) is 3. The zero-order chi connectivity index (χ0) is 10.6. The molecule has 0 aromatic carbocycles. The lowest BCUT2D eigenvalue weighted by Gasteiger charge is -2.37. The average molecular weight is 254 g/mol. The van der Waals surface area contributed by atoms with E-state index in [1.54, 1.807) is 0 Å². The van der Waals surface area contributed by atoms with Crippen molar-refractivity contribution in [1.82, 2.24) is 4.90 Å². The lowest BCUT2D eigenvalue weighted by Crippen LogP contribution is -2.45. The Hall–Kier alpha value is 0.0700. The van der Waals surface area contributed by atoms with Crippen molar-refractivity contribution in [3.8, 4) is 0 Å². The summed E-state index contributed by atoms with van der Waals surface area (Å²) in [4.78, 5) is 12.8. The molecular formula is C10H20ClNO2S. The number of nitrogens with zero attached hydrogens (tertiary/aromatic N) is 1. The standard InChI is InChI=1S/C10H19NO2S.ClH/c1-8-9(2)14-7-6-11(8)5-3-4-10(12)13;/h8-9H,3-7H2,1-2H3,(H,12,13);1H. The molecule has 0 aromatic heterocycles. The number of rotatable bonds is 4. The molecule has 1 aliphatic heterocycles. The second kappa shape index (κ2) is 7.36. The van der Waals surface area contributed by atoms with Gasteiger partial charge >= 0.3 is 5.97 Å². The van der Waals surface area contributed by atoms with Crippen molar-refractivity contribution in [2.75, 3.05) is 18.8 Å². The number of aliphatic carboxylic acids is 1. The first-order valence-corrected chi connectivity index (χ1v) is 6.23. The van der Waals surface area contributed by atoms with E-state index in [1.807, 2.05) is 11.8 Å². The SMILES string of the molecule is CC1SCCN(CCCC(=O)O)C1C.Cl. The lowest BCUT2D eigenvalue weighted by molar-refractivity contribution is -0.137. The molecule has 0 spiro atoms. The summed E-state index contributed by atoms with van der Waals surface area (Å²) < 4.78 is 0. The summed E-state index contributed by atoms with van der Waals surface area (Å²) in [6.07, 6.45) is 1.07. The molecule has 1 fully saturated rings. The molecule has 0 amide bonds. The Balaban J connectivity index is 0.00000196. The Morgan fingerprint density at radius 2 is 2.20 bits per heavy atom. The van der Waals surface area contributed by atoms with Gasteiger partial charge < -0.3 is 5.11 Å². The topological polar surface area (TPSA) is 40.5 Å². The van der Waals surface area contributed by atoms with Crippen molar-refractivity contribution >= 4 is 30.1 Å². The zero-order valence-electron chi connectivity index (χ0n) is 9.31. The molecule has 0 aromatic rings. The second-order valence-corrected chi connectivity index (χ2v) is 5.33. The third kappa shape index (κ3) is 5.09. The van der Waals surface area contributed by atoms with E-state index in [1.165, 1.54) is 5.75 Å². The predicted octanol–water partition coefficient (Wildman–Crippen LogP) is 2.10. The van der Waals surface area contributed by atoms with Gasteiger partial charge in [-0.2, -0.15) is 11.8 Å². The molecule has 1 aliphatic rings.